The summed E-state index contributed by atoms with van der Waals surface area (Å²) >= 11 is 0. The number of ether oxygens (including phenoxy) is 1. The number of amides is 1. The van der Waals surface area contributed by atoms with Gasteiger partial charge in [-0.1, -0.05) is 0 Å². The molecule has 1 heterocycles. The van der Waals surface area contributed by atoms with Crippen LogP contribution in [-0.2, 0) is 11.2 Å². The second-order valence-electron chi connectivity index (χ2n) is 3.96. The molecule has 0 saturated heterocycles. The molecule has 0 fully saturated rings. The average Bonchev–Trinajstić information content (AvgIpc) is 2.71. The van der Waals surface area contributed by atoms with E-state index in [1.807, 2.05) is 24.4 Å². The third-order valence-corrected chi connectivity index (χ3v) is 2.74. The molecule has 0 unspecified atom stereocenters. The highest BCUT2D eigenvalue weighted by Gasteiger charge is 2.05. The number of aromatic amines is 1. The monoisotopic (exact) mass is 233 g/mol. The van der Waals surface area contributed by atoms with Crippen LogP contribution in [0.2, 0.25) is 0 Å². The van der Waals surface area contributed by atoms with Gasteiger partial charge in [0.25, 0.3) is 0 Å². The maximum Gasteiger partial charge on any atom is 1.00 e. The zero-order valence-electron chi connectivity index (χ0n) is 11.0. The van der Waals surface area contributed by atoms with E-state index in [0.717, 1.165) is 23.1 Å². The molecule has 4 heteroatoms. The summed E-state index contributed by atoms with van der Waals surface area (Å²) in [6, 6.07) is 5.93. The highest BCUT2D eigenvalue weighted by molar-refractivity contribution is 5.84. The zero-order valence-corrected chi connectivity index (χ0v) is 10.0. The van der Waals surface area contributed by atoms with Gasteiger partial charge < -0.3 is 15.0 Å². The van der Waals surface area contributed by atoms with E-state index in [1.165, 1.54) is 12.5 Å². The van der Waals surface area contributed by atoms with Crippen LogP contribution in [0.25, 0.3) is 10.9 Å². The predicted molar refractivity (Wildman–Crippen MR) is 68.4 cm³/mol. The number of hydrogen-bond donors (Lipinski definition) is 2. The van der Waals surface area contributed by atoms with Crippen LogP contribution in [0.4, 0.5) is 0 Å². The molecule has 0 aliphatic rings. The van der Waals surface area contributed by atoms with E-state index < -0.39 is 0 Å². The fourth-order valence-corrected chi connectivity index (χ4v) is 1.86. The summed E-state index contributed by atoms with van der Waals surface area (Å²) in [4.78, 5) is 14.0. The minimum Gasteiger partial charge on any atom is -0.497 e. The zero-order chi connectivity index (χ0) is 12.3. The molecule has 2 rings (SSSR count). The number of carbonyl (C=O) groups is 1. The average molecular weight is 233 g/mol. The molecule has 2 N–H and O–H groups in total. The van der Waals surface area contributed by atoms with Crippen molar-refractivity contribution in [1.29, 1.82) is 0 Å². The van der Waals surface area contributed by atoms with Crippen LogP contribution in [0.3, 0.4) is 0 Å². The number of hydrogen-bond acceptors (Lipinski definition) is 2. The lowest BCUT2D eigenvalue weighted by atomic mass is 10.1. The van der Waals surface area contributed by atoms with Crippen molar-refractivity contribution >= 4 is 16.8 Å². The van der Waals surface area contributed by atoms with E-state index in [4.69, 9.17) is 4.74 Å². The lowest BCUT2D eigenvalue weighted by molar-refractivity contribution is -0.118. The predicted octanol–water partition coefficient (Wildman–Crippen LogP) is 1.97. The van der Waals surface area contributed by atoms with Crippen molar-refractivity contribution in [3.8, 4) is 5.75 Å². The summed E-state index contributed by atoms with van der Waals surface area (Å²) in [5.41, 5.74) is 2.27. The fraction of sp³-hybridized carbons (Fsp3) is 0.308. The third kappa shape index (κ3) is 2.58. The van der Waals surface area contributed by atoms with Crippen LogP contribution in [0.5, 0.6) is 5.75 Å². The van der Waals surface area contributed by atoms with E-state index >= 15 is 0 Å². The van der Waals surface area contributed by atoms with Gasteiger partial charge in [0.05, 0.1) is 7.11 Å². The Balaban J connectivity index is 0.00000162. The maximum atomic E-state index is 10.8. The molecule has 0 bridgehead atoms. The maximum absolute atomic E-state index is 10.8. The molecule has 17 heavy (non-hydrogen) atoms. The van der Waals surface area contributed by atoms with Crippen molar-refractivity contribution in [2.75, 3.05) is 13.7 Å². The van der Waals surface area contributed by atoms with Gasteiger partial charge in [-0.05, 0) is 30.2 Å². The molecule has 2 aromatic rings. The van der Waals surface area contributed by atoms with Crippen molar-refractivity contribution in [3.05, 3.63) is 30.0 Å². The first kappa shape index (κ1) is 11.5. The number of benzene rings is 1. The van der Waals surface area contributed by atoms with Gasteiger partial charge in [0.1, 0.15) is 5.75 Å². The van der Waals surface area contributed by atoms with Crippen LogP contribution >= 0.6 is 0 Å². The van der Waals surface area contributed by atoms with Crippen molar-refractivity contribution < 1.29 is 11.0 Å². The molecule has 0 aliphatic carbocycles. The van der Waals surface area contributed by atoms with Crippen LogP contribution < -0.4 is 10.1 Å². The molecular formula is C13H17N2O2+. The van der Waals surface area contributed by atoms with Gasteiger partial charge >= 0.3 is 1.43 Å². The topological polar surface area (TPSA) is 54.1 Å². The molecule has 1 aromatic heterocycles. The summed E-state index contributed by atoms with van der Waals surface area (Å²) in [6.07, 6.45) is 2.79. The lowest BCUT2D eigenvalue weighted by Gasteiger charge is -2.03. The number of rotatable bonds is 4. The van der Waals surface area contributed by atoms with Gasteiger partial charge in [0, 0.05) is 30.6 Å². The smallest absolute Gasteiger partial charge is 0.497 e. The van der Waals surface area contributed by atoms with Crippen LogP contribution in [0.15, 0.2) is 24.4 Å². The first-order chi connectivity index (χ1) is 8.20. The SMILES string of the molecule is COc1ccc2[nH]cc(CCNC(C)=O)c2c1.[H+]. The number of nitrogens with one attached hydrogen (secondary N) is 2. The largest absolute Gasteiger partial charge is 1.00 e. The quantitative estimate of drug-likeness (QED) is 0.848. The number of carbonyl (C=O) groups excluding carboxylic acids is 1. The van der Waals surface area contributed by atoms with Crippen molar-refractivity contribution in [3.63, 3.8) is 0 Å². The van der Waals surface area contributed by atoms with Crippen molar-refractivity contribution in [1.82, 2.24) is 10.3 Å². The second kappa shape index (κ2) is 4.91. The minimum atomic E-state index is 0. The number of aromatic nitrogens is 1. The summed E-state index contributed by atoms with van der Waals surface area (Å²) in [5.74, 6) is 0.847. The third-order valence-electron chi connectivity index (χ3n) is 2.74. The molecule has 1 aromatic carbocycles. The van der Waals surface area contributed by atoms with E-state index in [9.17, 15) is 4.79 Å². The Bertz CT molecular complexity index is 537. The molecular weight excluding hydrogens is 216 g/mol. The van der Waals surface area contributed by atoms with Crippen LogP contribution in [0.1, 0.15) is 13.9 Å². The first-order valence-corrected chi connectivity index (χ1v) is 5.59. The first-order valence-electron chi connectivity index (χ1n) is 5.59. The number of fused-ring (bicyclic) bond motifs is 1. The van der Waals surface area contributed by atoms with E-state index in [0.29, 0.717) is 6.54 Å². The molecule has 0 spiro atoms. The second-order valence-corrected chi connectivity index (χ2v) is 3.96. The summed E-state index contributed by atoms with van der Waals surface area (Å²) in [7, 11) is 1.66. The Hall–Kier alpha value is -1.97. The van der Waals surface area contributed by atoms with Gasteiger partial charge in [-0.2, -0.15) is 0 Å². The van der Waals surface area contributed by atoms with E-state index in [-0.39, 0.29) is 7.33 Å². The molecule has 1 amide bonds. The fourth-order valence-electron chi connectivity index (χ4n) is 1.86. The number of methoxy groups -OCH3 is 1. The molecule has 4 nitrogen and oxygen atoms in total. The normalized spacial score (nSPS) is 10.5. The van der Waals surface area contributed by atoms with E-state index in [2.05, 4.69) is 10.3 Å². The summed E-state index contributed by atoms with van der Waals surface area (Å²) in [5, 5.41) is 3.94. The Kier molecular flexibility index (Phi) is 3.32. The van der Waals surface area contributed by atoms with Crippen molar-refractivity contribution in [2.45, 2.75) is 13.3 Å². The van der Waals surface area contributed by atoms with Gasteiger partial charge in [0.2, 0.25) is 5.91 Å². The van der Waals surface area contributed by atoms with Gasteiger partial charge in [0.15, 0.2) is 0 Å². The Labute approximate surface area is 101 Å². The van der Waals surface area contributed by atoms with Gasteiger partial charge in [-0.15, -0.1) is 0 Å². The Morgan fingerprint density at radius 2 is 2.35 bits per heavy atom. The summed E-state index contributed by atoms with van der Waals surface area (Å²) in [6.45, 7) is 2.18. The summed E-state index contributed by atoms with van der Waals surface area (Å²) < 4.78 is 5.21. The Morgan fingerprint density at radius 1 is 1.53 bits per heavy atom. The minimum absolute atomic E-state index is 0. The Morgan fingerprint density at radius 3 is 3.06 bits per heavy atom. The molecule has 90 valence electrons. The highest BCUT2D eigenvalue weighted by atomic mass is 16.5. The molecule has 0 saturated carbocycles. The molecule has 0 radical (unpaired) electrons. The van der Waals surface area contributed by atoms with Gasteiger partial charge in [-0.3, -0.25) is 4.79 Å². The van der Waals surface area contributed by atoms with Gasteiger partial charge in [-0.25, -0.2) is 0 Å². The standard InChI is InChI=1S/C13H16N2O2/c1-9(16)14-6-5-10-8-15-13-4-3-11(17-2)7-12(10)13/h3-4,7-8,15H,5-6H2,1-2H3,(H,14,16)/p+1. The lowest BCUT2D eigenvalue weighted by Crippen LogP contribution is -2.22. The highest BCUT2D eigenvalue weighted by Crippen LogP contribution is 2.23. The number of H-pyrrole nitrogens is 1. The van der Waals surface area contributed by atoms with Crippen molar-refractivity contribution in [2.24, 2.45) is 0 Å². The van der Waals surface area contributed by atoms with E-state index in [1.54, 1.807) is 7.11 Å². The molecule has 0 aliphatic heterocycles. The van der Waals surface area contributed by atoms with Crippen LogP contribution in [-0.4, -0.2) is 24.5 Å². The molecule has 0 atom stereocenters. The van der Waals surface area contributed by atoms with Crippen LogP contribution in [0, 0.1) is 0 Å².